The number of hydrogen-bond donors (Lipinski definition) is 2. The van der Waals surface area contributed by atoms with Crippen molar-refractivity contribution in [1.82, 2.24) is 14.9 Å². The summed E-state index contributed by atoms with van der Waals surface area (Å²) in [5, 5.41) is 6.10. The molecule has 0 saturated heterocycles. The third-order valence-electron chi connectivity index (χ3n) is 2.70. The van der Waals surface area contributed by atoms with Crippen molar-refractivity contribution in [2.45, 2.75) is 11.4 Å². The SMILES string of the molecule is CN(C)c1ccc(CNS(=O)(=O)c2cn[nH]c2)cc1. The minimum Gasteiger partial charge on any atom is -0.378 e. The summed E-state index contributed by atoms with van der Waals surface area (Å²) in [6.07, 6.45) is 2.62. The predicted molar refractivity (Wildman–Crippen MR) is 73.4 cm³/mol. The van der Waals surface area contributed by atoms with Crippen LogP contribution in [0.3, 0.4) is 0 Å². The molecule has 0 aliphatic rings. The van der Waals surface area contributed by atoms with Crippen molar-refractivity contribution in [2.24, 2.45) is 0 Å². The first-order valence-electron chi connectivity index (χ1n) is 5.74. The highest BCUT2D eigenvalue weighted by molar-refractivity contribution is 7.89. The molecule has 0 fully saturated rings. The van der Waals surface area contributed by atoms with Crippen molar-refractivity contribution in [3.63, 3.8) is 0 Å². The molecule has 1 heterocycles. The van der Waals surface area contributed by atoms with E-state index in [1.54, 1.807) is 0 Å². The standard InChI is InChI=1S/C12H16N4O2S/c1-16(2)11-5-3-10(4-6-11)7-15-19(17,18)12-8-13-14-9-12/h3-6,8-9,15H,7H2,1-2H3,(H,13,14). The molecule has 2 rings (SSSR count). The minimum absolute atomic E-state index is 0.136. The normalized spacial score (nSPS) is 11.5. The molecule has 6 nitrogen and oxygen atoms in total. The lowest BCUT2D eigenvalue weighted by Gasteiger charge is -2.12. The van der Waals surface area contributed by atoms with Gasteiger partial charge in [-0.05, 0) is 17.7 Å². The first-order valence-corrected chi connectivity index (χ1v) is 7.22. The number of hydrogen-bond acceptors (Lipinski definition) is 4. The maximum atomic E-state index is 11.9. The van der Waals surface area contributed by atoms with E-state index in [-0.39, 0.29) is 11.4 Å². The molecule has 0 bridgehead atoms. The zero-order valence-corrected chi connectivity index (χ0v) is 11.6. The average molecular weight is 280 g/mol. The van der Waals surface area contributed by atoms with Crippen LogP contribution in [0.1, 0.15) is 5.56 Å². The van der Waals surface area contributed by atoms with Crippen LogP contribution in [0, 0.1) is 0 Å². The fraction of sp³-hybridized carbons (Fsp3) is 0.250. The van der Waals surface area contributed by atoms with Crippen molar-refractivity contribution in [2.75, 3.05) is 19.0 Å². The smallest absolute Gasteiger partial charge is 0.243 e. The van der Waals surface area contributed by atoms with Crippen LogP contribution in [-0.4, -0.2) is 32.7 Å². The lowest BCUT2D eigenvalue weighted by atomic mass is 10.2. The van der Waals surface area contributed by atoms with E-state index in [1.807, 2.05) is 43.3 Å². The van der Waals surface area contributed by atoms with Crippen molar-refractivity contribution in [3.8, 4) is 0 Å². The summed E-state index contributed by atoms with van der Waals surface area (Å²) in [6.45, 7) is 0.251. The van der Waals surface area contributed by atoms with Gasteiger partial charge in [0.25, 0.3) is 0 Å². The van der Waals surface area contributed by atoms with Crippen LogP contribution in [0.25, 0.3) is 0 Å². The Morgan fingerprint density at radius 2 is 1.95 bits per heavy atom. The Hall–Kier alpha value is -1.86. The monoisotopic (exact) mass is 280 g/mol. The highest BCUT2D eigenvalue weighted by Gasteiger charge is 2.14. The number of anilines is 1. The largest absolute Gasteiger partial charge is 0.378 e. The number of nitrogens with zero attached hydrogens (tertiary/aromatic N) is 2. The molecule has 0 saturated carbocycles. The van der Waals surface area contributed by atoms with E-state index in [0.717, 1.165) is 11.3 Å². The van der Waals surface area contributed by atoms with E-state index < -0.39 is 10.0 Å². The Bertz CT molecular complexity index is 618. The lowest BCUT2D eigenvalue weighted by molar-refractivity contribution is 0.581. The molecule has 0 radical (unpaired) electrons. The van der Waals surface area contributed by atoms with E-state index in [0.29, 0.717) is 0 Å². The van der Waals surface area contributed by atoms with E-state index >= 15 is 0 Å². The molecule has 2 N–H and O–H groups in total. The molecule has 0 unspecified atom stereocenters. The average Bonchev–Trinajstić information content (AvgIpc) is 2.91. The fourth-order valence-corrected chi connectivity index (χ4v) is 2.48. The molecule has 0 amide bonds. The highest BCUT2D eigenvalue weighted by Crippen LogP contribution is 2.13. The molecule has 7 heteroatoms. The summed E-state index contributed by atoms with van der Waals surface area (Å²) >= 11 is 0. The summed E-state index contributed by atoms with van der Waals surface area (Å²) in [7, 11) is 0.414. The number of benzene rings is 1. The molecule has 0 atom stereocenters. The van der Waals surface area contributed by atoms with Gasteiger partial charge >= 0.3 is 0 Å². The second-order valence-corrected chi connectivity index (χ2v) is 6.09. The molecule has 0 spiro atoms. The van der Waals surface area contributed by atoms with Crippen LogP contribution in [0.2, 0.25) is 0 Å². The van der Waals surface area contributed by atoms with Gasteiger partial charge in [0.2, 0.25) is 10.0 Å². The van der Waals surface area contributed by atoms with E-state index in [2.05, 4.69) is 14.9 Å². The first-order chi connectivity index (χ1) is 8.99. The van der Waals surface area contributed by atoms with Gasteiger partial charge in [0.1, 0.15) is 4.90 Å². The Morgan fingerprint density at radius 3 is 2.47 bits per heavy atom. The summed E-state index contributed by atoms with van der Waals surface area (Å²) in [5.41, 5.74) is 1.97. The molecule has 102 valence electrons. The Labute approximate surface area is 112 Å². The van der Waals surface area contributed by atoms with Crippen LogP contribution in [-0.2, 0) is 16.6 Å². The van der Waals surface area contributed by atoms with Gasteiger partial charge < -0.3 is 4.90 Å². The summed E-state index contributed by atoms with van der Waals surface area (Å²) in [4.78, 5) is 2.12. The van der Waals surface area contributed by atoms with Crippen molar-refractivity contribution in [1.29, 1.82) is 0 Å². The maximum absolute atomic E-state index is 11.9. The topological polar surface area (TPSA) is 78.1 Å². The second kappa shape index (κ2) is 5.41. The van der Waals surface area contributed by atoms with E-state index in [1.165, 1.54) is 12.4 Å². The van der Waals surface area contributed by atoms with Gasteiger partial charge in [-0.1, -0.05) is 12.1 Å². The van der Waals surface area contributed by atoms with Gasteiger partial charge in [-0.15, -0.1) is 0 Å². The van der Waals surface area contributed by atoms with E-state index in [9.17, 15) is 8.42 Å². The number of nitrogens with one attached hydrogen (secondary N) is 2. The van der Waals surface area contributed by atoms with Gasteiger partial charge in [0.05, 0.1) is 6.20 Å². The molecular weight excluding hydrogens is 264 g/mol. The van der Waals surface area contributed by atoms with Crippen LogP contribution in [0.5, 0.6) is 0 Å². The molecular formula is C12H16N4O2S. The van der Waals surface area contributed by atoms with Crippen LogP contribution in [0.4, 0.5) is 5.69 Å². The Balaban J connectivity index is 2.03. The Morgan fingerprint density at radius 1 is 1.26 bits per heavy atom. The third-order valence-corrected chi connectivity index (χ3v) is 4.07. The number of sulfonamides is 1. The van der Waals surface area contributed by atoms with Crippen LogP contribution < -0.4 is 9.62 Å². The maximum Gasteiger partial charge on any atom is 0.243 e. The number of H-pyrrole nitrogens is 1. The highest BCUT2D eigenvalue weighted by atomic mass is 32.2. The minimum atomic E-state index is -3.50. The van der Waals surface area contributed by atoms with Crippen molar-refractivity contribution >= 4 is 15.7 Å². The van der Waals surface area contributed by atoms with Gasteiger partial charge in [-0.3, -0.25) is 5.10 Å². The fourth-order valence-electron chi connectivity index (χ4n) is 1.56. The van der Waals surface area contributed by atoms with Gasteiger partial charge in [-0.2, -0.15) is 5.10 Å². The van der Waals surface area contributed by atoms with Gasteiger partial charge in [-0.25, -0.2) is 13.1 Å². The lowest BCUT2D eigenvalue weighted by Crippen LogP contribution is -2.22. The molecule has 1 aromatic carbocycles. The second-order valence-electron chi connectivity index (χ2n) is 4.32. The van der Waals surface area contributed by atoms with E-state index in [4.69, 9.17) is 0 Å². The Kier molecular flexibility index (Phi) is 3.87. The first kappa shape index (κ1) is 13.6. The molecule has 0 aliphatic heterocycles. The molecule has 2 aromatic rings. The third kappa shape index (κ3) is 3.33. The molecule has 0 aliphatic carbocycles. The number of aromatic nitrogens is 2. The molecule has 1 aromatic heterocycles. The van der Waals surface area contributed by atoms with Crippen LogP contribution >= 0.6 is 0 Å². The van der Waals surface area contributed by atoms with Crippen molar-refractivity contribution < 1.29 is 8.42 Å². The predicted octanol–water partition coefficient (Wildman–Crippen LogP) is 0.954. The van der Waals surface area contributed by atoms with Crippen LogP contribution in [0.15, 0.2) is 41.6 Å². The summed E-state index contributed by atoms with van der Waals surface area (Å²) in [6, 6.07) is 7.68. The number of aromatic amines is 1. The quantitative estimate of drug-likeness (QED) is 0.855. The van der Waals surface area contributed by atoms with Gasteiger partial charge in [0.15, 0.2) is 0 Å². The molecule has 19 heavy (non-hydrogen) atoms. The summed E-state index contributed by atoms with van der Waals surface area (Å²) < 4.78 is 26.2. The number of rotatable bonds is 5. The summed E-state index contributed by atoms with van der Waals surface area (Å²) in [5.74, 6) is 0. The zero-order chi connectivity index (χ0) is 13.9. The zero-order valence-electron chi connectivity index (χ0n) is 10.8. The van der Waals surface area contributed by atoms with Crippen molar-refractivity contribution in [3.05, 3.63) is 42.2 Å². The van der Waals surface area contributed by atoms with Gasteiger partial charge in [0, 0.05) is 32.5 Å².